The molecule has 2 aliphatic rings. The van der Waals surface area contributed by atoms with Crippen molar-refractivity contribution in [2.75, 3.05) is 19.0 Å². The van der Waals surface area contributed by atoms with Crippen LogP contribution in [0.5, 0.6) is 11.5 Å². The average molecular weight is 404 g/mol. The maximum Gasteiger partial charge on any atom is 0.262 e. The monoisotopic (exact) mass is 403 g/mol. The number of anilines is 1. The van der Waals surface area contributed by atoms with Crippen LogP contribution in [-0.4, -0.2) is 30.5 Å². The van der Waals surface area contributed by atoms with Crippen LogP contribution in [0, 0.1) is 5.92 Å². The topological polar surface area (TPSA) is 84.9 Å². The summed E-state index contributed by atoms with van der Waals surface area (Å²) >= 11 is 3.34. The molecule has 0 spiro atoms. The molecule has 0 aliphatic carbocycles. The van der Waals surface area contributed by atoms with Crippen molar-refractivity contribution in [3.63, 3.8) is 0 Å². The summed E-state index contributed by atoms with van der Waals surface area (Å²) in [6, 6.07) is 9.93. The number of rotatable bonds is 2. The summed E-state index contributed by atoms with van der Waals surface area (Å²) < 4.78 is 11.5. The van der Waals surface area contributed by atoms with E-state index in [0.29, 0.717) is 32.8 Å². The summed E-state index contributed by atoms with van der Waals surface area (Å²) in [6.45, 7) is -0.102. The second-order valence-electron chi connectivity index (χ2n) is 6.00. The van der Waals surface area contributed by atoms with Crippen molar-refractivity contribution in [2.24, 2.45) is 5.92 Å². The number of carbonyl (C=O) groups excluding carboxylic acids is 2. The molecular weight excluding hydrogens is 390 g/mol. The molecule has 2 atom stereocenters. The number of nitrogens with one attached hydrogen (secondary N) is 1. The Bertz CT molecular complexity index is 912. The van der Waals surface area contributed by atoms with Gasteiger partial charge in [-0.1, -0.05) is 15.9 Å². The van der Waals surface area contributed by atoms with Gasteiger partial charge in [-0.05, 0) is 30.3 Å². The minimum absolute atomic E-state index is 0.102. The number of ketones is 1. The minimum Gasteiger partial charge on any atom is -0.497 e. The van der Waals surface area contributed by atoms with Crippen molar-refractivity contribution in [2.45, 2.75) is 5.60 Å². The van der Waals surface area contributed by atoms with Gasteiger partial charge in [-0.2, -0.15) is 0 Å². The highest BCUT2D eigenvalue weighted by atomic mass is 79.9. The minimum atomic E-state index is -1.98. The molecule has 0 radical (unpaired) electrons. The number of methoxy groups -OCH3 is 1. The Balaban J connectivity index is 1.79. The molecule has 0 aromatic heterocycles. The number of amides is 1. The van der Waals surface area contributed by atoms with E-state index in [9.17, 15) is 14.7 Å². The molecule has 0 saturated heterocycles. The van der Waals surface area contributed by atoms with E-state index in [-0.39, 0.29) is 12.4 Å². The molecule has 2 aliphatic heterocycles. The van der Waals surface area contributed by atoms with E-state index >= 15 is 0 Å². The van der Waals surface area contributed by atoms with Gasteiger partial charge in [-0.25, -0.2) is 0 Å². The molecule has 0 saturated carbocycles. The van der Waals surface area contributed by atoms with Gasteiger partial charge in [-0.15, -0.1) is 0 Å². The number of halogens is 1. The lowest BCUT2D eigenvalue weighted by atomic mass is 9.77. The van der Waals surface area contributed by atoms with Crippen molar-refractivity contribution in [1.82, 2.24) is 0 Å². The highest BCUT2D eigenvalue weighted by Crippen LogP contribution is 2.45. The summed E-state index contributed by atoms with van der Waals surface area (Å²) in [7, 11) is 1.52. The maximum atomic E-state index is 13.0. The molecule has 0 bridgehead atoms. The first kappa shape index (κ1) is 16.1. The first-order chi connectivity index (χ1) is 11.9. The third kappa shape index (κ3) is 2.26. The molecule has 2 aromatic carbocycles. The van der Waals surface area contributed by atoms with Crippen molar-refractivity contribution >= 4 is 33.3 Å². The molecule has 0 fully saturated rings. The highest BCUT2D eigenvalue weighted by Gasteiger charge is 2.55. The summed E-state index contributed by atoms with van der Waals surface area (Å²) in [5.74, 6) is -1.05. The molecule has 1 amide bonds. The lowest BCUT2D eigenvalue weighted by Crippen LogP contribution is -2.49. The molecule has 128 valence electrons. The Morgan fingerprint density at radius 3 is 2.84 bits per heavy atom. The number of hydrogen-bond acceptors (Lipinski definition) is 5. The fraction of sp³-hybridized carbons (Fsp3) is 0.222. The first-order valence-electron chi connectivity index (χ1n) is 7.64. The lowest BCUT2D eigenvalue weighted by molar-refractivity contribution is -0.139. The Morgan fingerprint density at radius 1 is 1.28 bits per heavy atom. The fourth-order valence-electron chi connectivity index (χ4n) is 3.33. The number of carbonyl (C=O) groups is 2. The largest absolute Gasteiger partial charge is 0.497 e. The third-order valence-electron chi connectivity index (χ3n) is 4.67. The molecule has 25 heavy (non-hydrogen) atoms. The Kier molecular flexibility index (Phi) is 3.59. The quantitative estimate of drug-likeness (QED) is 0.804. The zero-order valence-electron chi connectivity index (χ0n) is 13.2. The van der Waals surface area contributed by atoms with E-state index in [1.807, 2.05) is 0 Å². The number of ether oxygens (including phenoxy) is 2. The number of Topliss-reactive ketones (excluding diaryl/α,β-unsaturated/α-hetero) is 1. The summed E-state index contributed by atoms with van der Waals surface area (Å²) in [6.07, 6.45) is 0. The van der Waals surface area contributed by atoms with Gasteiger partial charge in [0.1, 0.15) is 18.1 Å². The van der Waals surface area contributed by atoms with Gasteiger partial charge in [0.2, 0.25) is 0 Å². The van der Waals surface area contributed by atoms with Gasteiger partial charge < -0.3 is 19.9 Å². The summed E-state index contributed by atoms with van der Waals surface area (Å²) in [5, 5.41) is 13.8. The zero-order valence-corrected chi connectivity index (χ0v) is 14.8. The van der Waals surface area contributed by atoms with Crippen molar-refractivity contribution < 1.29 is 24.2 Å². The first-order valence-corrected chi connectivity index (χ1v) is 8.43. The van der Waals surface area contributed by atoms with Crippen molar-refractivity contribution in [3.8, 4) is 11.5 Å². The molecule has 0 unspecified atom stereocenters. The predicted octanol–water partition coefficient (Wildman–Crippen LogP) is 2.49. The zero-order chi connectivity index (χ0) is 17.8. The van der Waals surface area contributed by atoms with Gasteiger partial charge in [0.15, 0.2) is 11.4 Å². The van der Waals surface area contributed by atoms with E-state index < -0.39 is 17.4 Å². The number of aliphatic hydroxyl groups is 1. The van der Waals surface area contributed by atoms with Gasteiger partial charge in [0.25, 0.3) is 5.91 Å². The Hall–Kier alpha value is -2.38. The second kappa shape index (κ2) is 5.57. The Labute approximate surface area is 151 Å². The van der Waals surface area contributed by atoms with Crippen LogP contribution in [0.4, 0.5) is 5.69 Å². The number of hydrogen-bond donors (Lipinski definition) is 2. The molecular formula is C18H14BrNO5. The maximum absolute atomic E-state index is 13.0. The van der Waals surface area contributed by atoms with Crippen LogP contribution in [0.15, 0.2) is 40.9 Å². The van der Waals surface area contributed by atoms with Crippen LogP contribution in [0.2, 0.25) is 0 Å². The molecule has 2 aromatic rings. The van der Waals surface area contributed by atoms with Crippen LogP contribution in [-0.2, 0) is 10.4 Å². The van der Waals surface area contributed by atoms with E-state index in [1.165, 1.54) is 7.11 Å². The van der Waals surface area contributed by atoms with Gasteiger partial charge in [0, 0.05) is 21.8 Å². The normalized spacial score (nSPS) is 24.2. The number of fused-ring (bicyclic) bond motifs is 2. The predicted molar refractivity (Wildman–Crippen MR) is 93.0 cm³/mol. The summed E-state index contributed by atoms with van der Waals surface area (Å²) in [4.78, 5) is 25.5. The van der Waals surface area contributed by atoms with Gasteiger partial charge in [0.05, 0.1) is 18.6 Å². The average Bonchev–Trinajstić information content (AvgIpc) is 2.86. The molecule has 2 heterocycles. The highest BCUT2D eigenvalue weighted by molar-refractivity contribution is 9.10. The van der Waals surface area contributed by atoms with Crippen LogP contribution < -0.4 is 14.8 Å². The van der Waals surface area contributed by atoms with E-state index in [1.54, 1.807) is 36.4 Å². The van der Waals surface area contributed by atoms with Crippen LogP contribution in [0.3, 0.4) is 0 Å². The third-order valence-corrected chi connectivity index (χ3v) is 5.16. The standard InChI is InChI=1S/C18H14BrNO5/c1-24-10-3-4-11-15(7-10)25-8-13(16(11)21)18(23)12-6-9(19)2-5-14(12)20-17(18)22/h2-7,13,23H,8H2,1H3,(H,20,22)/t13-,18+/m0/s1. The molecule has 2 N–H and O–H groups in total. The van der Waals surface area contributed by atoms with Gasteiger partial charge >= 0.3 is 0 Å². The fourth-order valence-corrected chi connectivity index (χ4v) is 3.69. The van der Waals surface area contributed by atoms with Crippen LogP contribution in [0.1, 0.15) is 15.9 Å². The van der Waals surface area contributed by atoms with Gasteiger partial charge in [-0.3, -0.25) is 9.59 Å². The SMILES string of the molecule is COc1ccc2c(c1)OC[C@H]([C@@]1(O)C(=O)Nc3ccc(Br)cc31)C2=O. The van der Waals surface area contributed by atoms with Crippen LogP contribution >= 0.6 is 15.9 Å². The van der Waals surface area contributed by atoms with Crippen molar-refractivity contribution in [1.29, 1.82) is 0 Å². The summed E-state index contributed by atoms with van der Waals surface area (Å²) in [5.41, 5.74) is -0.801. The lowest BCUT2D eigenvalue weighted by Gasteiger charge is -2.33. The molecule has 6 nitrogen and oxygen atoms in total. The van der Waals surface area contributed by atoms with Crippen molar-refractivity contribution in [3.05, 3.63) is 52.0 Å². The molecule has 4 rings (SSSR count). The van der Waals surface area contributed by atoms with E-state index in [2.05, 4.69) is 21.2 Å². The van der Waals surface area contributed by atoms with E-state index in [4.69, 9.17) is 9.47 Å². The number of benzene rings is 2. The Morgan fingerprint density at radius 2 is 2.08 bits per heavy atom. The van der Waals surface area contributed by atoms with Crippen LogP contribution in [0.25, 0.3) is 0 Å². The second-order valence-corrected chi connectivity index (χ2v) is 6.92. The molecule has 7 heteroatoms. The van der Waals surface area contributed by atoms with E-state index in [0.717, 1.165) is 0 Å². The smallest absolute Gasteiger partial charge is 0.262 e.